The number of ether oxygens (including phenoxy) is 1. The lowest BCUT2D eigenvalue weighted by Crippen LogP contribution is -2.10. The Morgan fingerprint density at radius 2 is 2.00 bits per heavy atom. The van der Waals surface area contributed by atoms with Gasteiger partial charge in [-0.1, -0.05) is 32.5 Å². The van der Waals surface area contributed by atoms with Crippen molar-refractivity contribution in [2.24, 2.45) is 11.7 Å². The molecule has 0 saturated heterocycles. The molecule has 3 heteroatoms. The van der Waals surface area contributed by atoms with E-state index in [9.17, 15) is 0 Å². The second kappa shape index (κ2) is 5.71. The summed E-state index contributed by atoms with van der Waals surface area (Å²) in [6.45, 7) is 5.08. The average Bonchev–Trinajstić information content (AvgIpc) is 2.26. The van der Waals surface area contributed by atoms with Crippen molar-refractivity contribution in [3.05, 3.63) is 29.8 Å². The molecule has 0 bridgehead atoms. The number of rotatable bonds is 5. The normalized spacial score (nSPS) is 12.1. The Morgan fingerprint density at radius 3 is 2.47 bits per heavy atom. The third-order valence-corrected chi connectivity index (χ3v) is 2.61. The fraction of sp³-hybridized carbons (Fsp3) is 0.417. The molecule has 0 fully saturated rings. The molecule has 0 heterocycles. The summed E-state index contributed by atoms with van der Waals surface area (Å²) in [7, 11) is 0. The minimum Gasteiger partial charge on any atom is -0.493 e. The van der Waals surface area contributed by atoms with Gasteiger partial charge in [-0.25, -0.2) is 0 Å². The number of hydrogen-bond acceptors (Lipinski definition) is 2. The van der Waals surface area contributed by atoms with Crippen molar-refractivity contribution >= 4 is 17.2 Å². The predicted octanol–water partition coefficient (Wildman–Crippen LogP) is 2.75. The number of benzene rings is 1. The third-order valence-electron chi connectivity index (χ3n) is 2.37. The van der Waals surface area contributed by atoms with Gasteiger partial charge in [-0.05, 0) is 30.2 Å². The van der Waals surface area contributed by atoms with Crippen molar-refractivity contribution in [1.29, 1.82) is 0 Å². The van der Waals surface area contributed by atoms with E-state index in [0.29, 0.717) is 10.9 Å². The predicted molar refractivity (Wildman–Crippen MR) is 67.3 cm³/mol. The van der Waals surface area contributed by atoms with E-state index in [4.69, 9.17) is 22.7 Å². The Hall–Kier alpha value is -1.09. The molecular formula is C12H17NOS. The van der Waals surface area contributed by atoms with Crippen molar-refractivity contribution in [2.75, 3.05) is 6.61 Å². The van der Waals surface area contributed by atoms with Crippen molar-refractivity contribution < 1.29 is 4.74 Å². The quantitative estimate of drug-likeness (QED) is 0.780. The molecule has 1 unspecified atom stereocenters. The van der Waals surface area contributed by atoms with Crippen LogP contribution < -0.4 is 10.5 Å². The topological polar surface area (TPSA) is 35.2 Å². The molecule has 0 aliphatic rings. The van der Waals surface area contributed by atoms with E-state index in [1.165, 1.54) is 0 Å². The van der Waals surface area contributed by atoms with Gasteiger partial charge >= 0.3 is 0 Å². The molecular weight excluding hydrogens is 206 g/mol. The smallest absolute Gasteiger partial charge is 0.119 e. The summed E-state index contributed by atoms with van der Waals surface area (Å²) in [4.78, 5) is 0.420. The van der Waals surface area contributed by atoms with Crippen LogP contribution in [0.3, 0.4) is 0 Å². The first-order valence-electron chi connectivity index (χ1n) is 5.16. The van der Waals surface area contributed by atoms with Crippen LogP contribution >= 0.6 is 12.2 Å². The van der Waals surface area contributed by atoms with Gasteiger partial charge in [0.2, 0.25) is 0 Å². The van der Waals surface area contributed by atoms with Crippen LogP contribution in [0.2, 0.25) is 0 Å². The Labute approximate surface area is 96.4 Å². The molecule has 0 saturated carbocycles. The van der Waals surface area contributed by atoms with Gasteiger partial charge in [-0.3, -0.25) is 0 Å². The van der Waals surface area contributed by atoms with Gasteiger partial charge in [0.05, 0.1) is 6.61 Å². The SMILES string of the molecule is CCC(C)COc1ccc(C(N)=S)cc1. The molecule has 0 aromatic heterocycles. The van der Waals surface area contributed by atoms with E-state index in [1.807, 2.05) is 24.3 Å². The van der Waals surface area contributed by atoms with Crippen LogP contribution in [0.4, 0.5) is 0 Å². The summed E-state index contributed by atoms with van der Waals surface area (Å²) < 4.78 is 5.61. The van der Waals surface area contributed by atoms with Crippen molar-refractivity contribution in [2.45, 2.75) is 20.3 Å². The van der Waals surface area contributed by atoms with E-state index < -0.39 is 0 Å². The second-order valence-corrected chi connectivity index (χ2v) is 4.15. The number of nitrogens with two attached hydrogens (primary N) is 1. The van der Waals surface area contributed by atoms with Gasteiger partial charge in [0.15, 0.2) is 0 Å². The van der Waals surface area contributed by atoms with Crippen LogP contribution in [0, 0.1) is 5.92 Å². The van der Waals surface area contributed by atoms with Gasteiger partial charge in [0.25, 0.3) is 0 Å². The monoisotopic (exact) mass is 223 g/mol. The molecule has 1 rings (SSSR count). The molecule has 15 heavy (non-hydrogen) atoms. The maximum absolute atomic E-state index is 5.61. The van der Waals surface area contributed by atoms with Crippen LogP contribution in [-0.2, 0) is 0 Å². The van der Waals surface area contributed by atoms with Gasteiger partial charge < -0.3 is 10.5 Å². The number of hydrogen-bond donors (Lipinski definition) is 1. The van der Waals surface area contributed by atoms with Crippen LogP contribution in [0.1, 0.15) is 25.8 Å². The molecule has 1 atom stereocenters. The zero-order chi connectivity index (χ0) is 11.3. The Morgan fingerprint density at radius 1 is 1.40 bits per heavy atom. The molecule has 2 N–H and O–H groups in total. The summed E-state index contributed by atoms with van der Waals surface area (Å²) in [6.07, 6.45) is 1.13. The van der Waals surface area contributed by atoms with E-state index in [0.717, 1.165) is 24.3 Å². The lowest BCUT2D eigenvalue weighted by molar-refractivity contribution is 0.256. The standard InChI is InChI=1S/C12H17NOS/c1-3-9(2)8-14-11-6-4-10(5-7-11)12(13)15/h4-7,9H,3,8H2,1-2H3,(H2,13,15). The summed E-state index contributed by atoms with van der Waals surface area (Å²) in [6, 6.07) is 7.57. The lowest BCUT2D eigenvalue weighted by Gasteiger charge is -2.11. The summed E-state index contributed by atoms with van der Waals surface area (Å²) in [5.41, 5.74) is 6.37. The minimum absolute atomic E-state index is 0.420. The summed E-state index contributed by atoms with van der Waals surface area (Å²) in [5, 5.41) is 0. The van der Waals surface area contributed by atoms with Gasteiger partial charge in [-0.15, -0.1) is 0 Å². The van der Waals surface area contributed by atoms with Gasteiger partial charge in [0.1, 0.15) is 10.7 Å². The fourth-order valence-corrected chi connectivity index (χ4v) is 1.21. The maximum atomic E-state index is 5.61. The molecule has 82 valence electrons. The summed E-state index contributed by atoms with van der Waals surface area (Å²) >= 11 is 4.87. The fourth-order valence-electron chi connectivity index (χ4n) is 1.07. The summed E-state index contributed by atoms with van der Waals surface area (Å²) in [5.74, 6) is 1.45. The number of thiocarbonyl (C=S) groups is 1. The molecule has 0 spiro atoms. The molecule has 1 aromatic carbocycles. The molecule has 2 nitrogen and oxygen atoms in total. The largest absolute Gasteiger partial charge is 0.493 e. The minimum atomic E-state index is 0.420. The highest BCUT2D eigenvalue weighted by molar-refractivity contribution is 7.80. The maximum Gasteiger partial charge on any atom is 0.119 e. The van der Waals surface area contributed by atoms with Crippen LogP contribution in [-0.4, -0.2) is 11.6 Å². The lowest BCUT2D eigenvalue weighted by atomic mass is 10.1. The molecule has 0 radical (unpaired) electrons. The highest BCUT2D eigenvalue weighted by Crippen LogP contribution is 2.13. The van der Waals surface area contributed by atoms with Crippen molar-refractivity contribution in [3.8, 4) is 5.75 Å². The van der Waals surface area contributed by atoms with Crippen LogP contribution in [0.25, 0.3) is 0 Å². The first-order valence-corrected chi connectivity index (χ1v) is 5.57. The van der Waals surface area contributed by atoms with E-state index in [1.54, 1.807) is 0 Å². The third kappa shape index (κ3) is 3.88. The van der Waals surface area contributed by atoms with E-state index >= 15 is 0 Å². The van der Waals surface area contributed by atoms with Crippen LogP contribution in [0.15, 0.2) is 24.3 Å². The first-order chi connectivity index (χ1) is 7.13. The second-order valence-electron chi connectivity index (χ2n) is 3.71. The molecule has 0 aliphatic carbocycles. The average molecular weight is 223 g/mol. The molecule has 0 aliphatic heterocycles. The Kier molecular flexibility index (Phi) is 4.56. The van der Waals surface area contributed by atoms with E-state index in [2.05, 4.69) is 13.8 Å². The highest BCUT2D eigenvalue weighted by atomic mass is 32.1. The van der Waals surface area contributed by atoms with Gasteiger partial charge in [0, 0.05) is 5.56 Å². The zero-order valence-corrected chi connectivity index (χ0v) is 10.0. The Bertz CT molecular complexity index is 321. The highest BCUT2D eigenvalue weighted by Gasteiger charge is 2.01. The van der Waals surface area contributed by atoms with Gasteiger partial charge in [-0.2, -0.15) is 0 Å². The Balaban J connectivity index is 2.53. The molecule has 0 amide bonds. The first kappa shape index (κ1) is 12.0. The van der Waals surface area contributed by atoms with Crippen LogP contribution in [0.5, 0.6) is 5.75 Å². The zero-order valence-electron chi connectivity index (χ0n) is 9.19. The van der Waals surface area contributed by atoms with Crippen molar-refractivity contribution in [3.63, 3.8) is 0 Å². The molecule has 1 aromatic rings. The van der Waals surface area contributed by atoms with E-state index in [-0.39, 0.29) is 0 Å². The van der Waals surface area contributed by atoms with Crippen molar-refractivity contribution in [1.82, 2.24) is 0 Å².